The summed E-state index contributed by atoms with van der Waals surface area (Å²) in [5, 5.41) is 20.5. The van der Waals surface area contributed by atoms with Crippen molar-refractivity contribution in [1.82, 2.24) is 15.5 Å². The minimum absolute atomic E-state index is 0.125. The van der Waals surface area contributed by atoms with Gasteiger partial charge < -0.3 is 14.9 Å². The number of hydrogen-bond acceptors (Lipinski definition) is 6. The van der Waals surface area contributed by atoms with E-state index in [2.05, 4.69) is 15.5 Å². The second-order valence-corrected chi connectivity index (χ2v) is 6.68. The maximum Gasteiger partial charge on any atom is 0.227 e. The molecule has 0 bridgehead atoms. The molecule has 1 aliphatic rings. The lowest BCUT2D eigenvalue weighted by Gasteiger charge is -2.09. The quantitative estimate of drug-likeness (QED) is 0.812. The van der Waals surface area contributed by atoms with E-state index in [4.69, 9.17) is 4.52 Å². The molecule has 0 radical (unpaired) electrons. The van der Waals surface area contributed by atoms with Crippen LogP contribution in [0.15, 0.2) is 21.3 Å². The molecule has 124 valence electrons. The van der Waals surface area contributed by atoms with E-state index >= 15 is 0 Å². The molecular weight excluding hydrogens is 314 g/mol. The van der Waals surface area contributed by atoms with Crippen LogP contribution in [-0.4, -0.2) is 27.7 Å². The minimum atomic E-state index is -0.664. The average Bonchev–Trinajstić information content (AvgIpc) is 3.32. The van der Waals surface area contributed by atoms with E-state index < -0.39 is 6.10 Å². The van der Waals surface area contributed by atoms with Crippen molar-refractivity contribution in [2.75, 3.05) is 6.54 Å². The first-order valence-electron chi connectivity index (χ1n) is 8.01. The van der Waals surface area contributed by atoms with Crippen molar-refractivity contribution >= 4 is 17.2 Å². The summed E-state index contributed by atoms with van der Waals surface area (Å²) < 4.78 is 5.22. The van der Waals surface area contributed by atoms with E-state index in [9.17, 15) is 9.90 Å². The van der Waals surface area contributed by atoms with Gasteiger partial charge in [-0.1, -0.05) is 18.0 Å². The molecule has 23 heavy (non-hydrogen) atoms. The number of aliphatic hydroxyl groups excluding tert-OH is 1. The number of nitrogens with zero attached hydrogens (tertiary/aromatic N) is 2. The molecule has 3 rings (SSSR count). The lowest BCUT2D eigenvalue weighted by molar-refractivity contribution is -0.121. The lowest BCUT2D eigenvalue weighted by Crippen LogP contribution is -2.28. The van der Waals surface area contributed by atoms with Gasteiger partial charge in [-0.25, -0.2) is 0 Å². The highest BCUT2D eigenvalue weighted by atomic mass is 32.1. The highest BCUT2D eigenvalue weighted by molar-refractivity contribution is 7.07. The topological polar surface area (TPSA) is 88.2 Å². The highest BCUT2D eigenvalue weighted by Crippen LogP contribution is 2.32. The molecule has 2 aromatic heterocycles. The van der Waals surface area contributed by atoms with Crippen LogP contribution in [0.2, 0.25) is 0 Å². The first-order valence-corrected chi connectivity index (χ1v) is 8.96. The van der Waals surface area contributed by atoms with Gasteiger partial charge in [-0.2, -0.15) is 16.3 Å². The fourth-order valence-electron chi connectivity index (χ4n) is 2.82. The number of carbonyl (C=O) groups excluding carboxylic acids is 1. The molecule has 1 amide bonds. The Balaban J connectivity index is 1.40. The van der Waals surface area contributed by atoms with Gasteiger partial charge in [-0.15, -0.1) is 0 Å². The Hall–Kier alpha value is -1.73. The van der Waals surface area contributed by atoms with Crippen LogP contribution in [-0.2, 0) is 11.2 Å². The van der Waals surface area contributed by atoms with Gasteiger partial charge in [0.25, 0.3) is 0 Å². The Morgan fingerprint density at radius 3 is 3.04 bits per heavy atom. The molecule has 0 spiro atoms. The molecule has 1 fully saturated rings. The summed E-state index contributed by atoms with van der Waals surface area (Å²) in [5.41, 5.74) is 0.827. The van der Waals surface area contributed by atoms with E-state index in [0.717, 1.165) is 24.2 Å². The number of rotatable bonds is 7. The van der Waals surface area contributed by atoms with Crippen molar-refractivity contribution in [2.24, 2.45) is 0 Å². The maximum atomic E-state index is 11.8. The van der Waals surface area contributed by atoms with Crippen molar-refractivity contribution in [1.29, 1.82) is 0 Å². The number of aryl methyl sites for hydroxylation is 1. The molecule has 2 N–H and O–H groups in total. The second-order valence-electron chi connectivity index (χ2n) is 5.90. The van der Waals surface area contributed by atoms with E-state index in [1.54, 1.807) is 0 Å². The van der Waals surface area contributed by atoms with Crippen LogP contribution in [0.1, 0.15) is 61.4 Å². The number of aromatic nitrogens is 2. The second kappa shape index (κ2) is 7.70. The molecule has 2 heterocycles. The van der Waals surface area contributed by atoms with Crippen molar-refractivity contribution < 1.29 is 14.4 Å². The van der Waals surface area contributed by atoms with Gasteiger partial charge in [0.15, 0.2) is 5.82 Å². The summed E-state index contributed by atoms with van der Waals surface area (Å²) in [6.07, 6.45) is 4.75. The number of aliphatic hydroxyl groups is 1. The standard InChI is InChI=1S/C16H21N3O3S/c20-13(12-7-8-23-10-12)9-17-14(21)5-6-15-18-16(19-22-15)11-3-1-2-4-11/h7-8,10-11,13,20H,1-6,9H2,(H,17,21). The molecule has 0 saturated heterocycles. The van der Waals surface area contributed by atoms with Crippen LogP contribution in [0.25, 0.3) is 0 Å². The first-order chi connectivity index (χ1) is 11.2. The summed E-state index contributed by atoms with van der Waals surface area (Å²) in [4.78, 5) is 16.2. The third-order valence-electron chi connectivity index (χ3n) is 4.19. The minimum Gasteiger partial charge on any atom is -0.387 e. The lowest BCUT2D eigenvalue weighted by atomic mass is 10.1. The van der Waals surface area contributed by atoms with Crippen molar-refractivity contribution in [2.45, 2.75) is 50.5 Å². The van der Waals surface area contributed by atoms with E-state index in [1.165, 1.54) is 24.2 Å². The van der Waals surface area contributed by atoms with Crippen LogP contribution in [0.4, 0.5) is 0 Å². The summed E-state index contributed by atoms with van der Waals surface area (Å²) in [5.74, 6) is 1.59. The van der Waals surface area contributed by atoms with Gasteiger partial charge in [0, 0.05) is 25.3 Å². The third-order valence-corrected chi connectivity index (χ3v) is 4.89. The predicted molar refractivity (Wildman–Crippen MR) is 86.1 cm³/mol. The molecule has 0 aromatic carbocycles. The zero-order chi connectivity index (χ0) is 16.1. The van der Waals surface area contributed by atoms with E-state index in [-0.39, 0.29) is 18.9 Å². The van der Waals surface area contributed by atoms with Crippen LogP contribution in [0.3, 0.4) is 0 Å². The van der Waals surface area contributed by atoms with Gasteiger partial charge >= 0.3 is 0 Å². The predicted octanol–water partition coefficient (Wildman–Crippen LogP) is 2.57. The number of carbonyl (C=O) groups is 1. The fraction of sp³-hybridized carbons (Fsp3) is 0.562. The molecule has 0 aliphatic heterocycles. The number of nitrogens with one attached hydrogen (secondary N) is 1. The molecular formula is C16H21N3O3S. The SMILES string of the molecule is O=C(CCc1nc(C2CCCC2)no1)NCC(O)c1ccsc1. The molecule has 1 aliphatic carbocycles. The zero-order valence-electron chi connectivity index (χ0n) is 12.9. The van der Waals surface area contributed by atoms with Crippen molar-refractivity contribution in [3.63, 3.8) is 0 Å². The average molecular weight is 335 g/mol. The van der Waals surface area contributed by atoms with Crippen LogP contribution in [0.5, 0.6) is 0 Å². The van der Waals surface area contributed by atoms with Gasteiger partial charge in [-0.3, -0.25) is 4.79 Å². The Morgan fingerprint density at radius 2 is 2.30 bits per heavy atom. The summed E-state index contributed by atoms with van der Waals surface area (Å²) in [7, 11) is 0. The van der Waals surface area contributed by atoms with Gasteiger partial charge in [-0.05, 0) is 35.2 Å². The van der Waals surface area contributed by atoms with Crippen LogP contribution in [0, 0.1) is 0 Å². The molecule has 1 saturated carbocycles. The summed E-state index contributed by atoms with van der Waals surface area (Å²) >= 11 is 1.52. The van der Waals surface area contributed by atoms with Gasteiger partial charge in [0.1, 0.15) is 0 Å². The zero-order valence-corrected chi connectivity index (χ0v) is 13.7. The number of thiophene rings is 1. The Morgan fingerprint density at radius 1 is 1.48 bits per heavy atom. The summed E-state index contributed by atoms with van der Waals surface area (Å²) in [6.45, 7) is 0.215. The largest absolute Gasteiger partial charge is 0.387 e. The van der Waals surface area contributed by atoms with E-state index in [0.29, 0.717) is 18.2 Å². The van der Waals surface area contributed by atoms with Crippen molar-refractivity contribution in [3.05, 3.63) is 34.1 Å². The summed E-state index contributed by atoms with van der Waals surface area (Å²) in [6, 6.07) is 1.85. The Labute approximate surface area is 138 Å². The molecule has 7 heteroatoms. The van der Waals surface area contributed by atoms with Gasteiger partial charge in [0.2, 0.25) is 11.8 Å². The van der Waals surface area contributed by atoms with Crippen LogP contribution >= 0.6 is 11.3 Å². The normalized spacial score (nSPS) is 16.6. The molecule has 6 nitrogen and oxygen atoms in total. The fourth-order valence-corrected chi connectivity index (χ4v) is 3.53. The molecule has 2 aromatic rings. The van der Waals surface area contributed by atoms with Gasteiger partial charge in [0.05, 0.1) is 6.10 Å². The maximum absolute atomic E-state index is 11.8. The first kappa shape index (κ1) is 16.1. The smallest absolute Gasteiger partial charge is 0.227 e. The highest BCUT2D eigenvalue weighted by Gasteiger charge is 2.22. The Kier molecular flexibility index (Phi) is 5.40. The van der Waals surface area contributed by atoms with Crippen molar-refractivity contribution in [3.8, 4) is 0 Å². The monoisotopic (exact) mass is 335 g/mol. The molecule has 1 unspecified atom stereocenters. The number of amides is 1. The van der Waals surface area contributed by atoms with E-state index in [1.807, 2.05) is 16.8 Å². The molecule has 1 atom stereocenters. The van der Waals surface area contributed by atoms with Crippen LogP contribution < -0.4 is 5.32 Å². The number of hydrogen-bond donors (Lipinski definition) is 2. The third kappa shape index (κ3) is 4.39. The Bertz CT molecular complexity index is 620.